The minimum atomic E-state index is -0.122. The van der Waals surface area contributed by atoms with Gasteiger partial charge in [-0.25, -0.2) is 4.79 Å². The van der Waals surface area contributed by atoms with Crippen molar-refractivity contribution in [2.45, 2.75) is 31.2 Å². The smallest absolute Gasteiger partial charge is 0.211 e. The number of nitrogens with zero attached hydrogens (tertiary/aromatic N) is 1. The molecule has 0 aliphatic heterocycles. The Morgan fingerprint density at radius 2 is 2.00 bits per heavy atom. The predicted octanol–water partition coefficient (Wildman–Crippen LogP) is 2.49. The molecule has 0 heterocycles. The first-order chi connectivity index (χ1) is 6.85. The first-order valence-electron chi connectivity index (χ1n) is 4.98. The summed E-state index contributed by atoms with van der Waals surface area (Å²) in [4.78, 5) is 14.3. The minimum absolute atomic E-state index is 0.122. The Morgan fingerprint density at radius 1 is 1.29 bits per heavy atom. The normalized spacial score (nSPS) is 18.0. The van der Waals surface area contributed by atoms with Crippen molar-refractivity contribution in [1.82, 2.24) is 0 Å². The van der Waals surface area contributed by atoms with E-state index in [1.165, 1.54) is 12.0 Å². The van der Waals surface area contributed by atoms with Gasteiger partial charge in [-0.1, -0.05) is 30.3 Å². The molecule has 1 aliphatic carbocycles. The molecule has 0 N–H and O–H groups in total. The quantitative estimate of drug-likeness (QED) is 0.528. The number of isocyanates is 1. The lowest BCUT2D eigenvalue weighted by Gasteiger charge is -2.36. The lowest BCUT2D eigenvalue weighted by Crippen LogP contribution is -2.37. The van der Waals surface area contributed by atoms with Gasteiger partial charge in [0, 0.05) is 0 Å². The number of aliphatic imine (C=N–C) groups is 1. The van der Waals surface area contributed by atoms with E-state index >= 15 is 0 Å². The standard InChI is InChI=1S/C12H13NO/c14-10-13-12(7-4-8-12)9-11-5-2-1-3-6-11/h1-3,5-6H,4,7-9H2. The molecule has 1 aromatic rings. The molecule has 2 heteroatoms. The molecule has 1 aromatic carbocycles. The van der Waals surface area contributed by atoms with Gasteiger partial charge in [0.2, 0.25) is 6.08 Å². The van der Waals surface area contributed by atoms with Crippen molar-refractivity contribution in [2.24, 2.45) is 4.99 Å². The van der Waals surface area contributed by atoms with Crippen LogP contribution in [0.15, 0.2) is 35.3 Å². The fraction of sp³-hybridized carbons (Fsp3) is 0.417. The summed E-state index contributed by atoms with van der Waals surface area (Å²) >= 11 is 0. The van der Waals surface area contributed by atoms with E-state index < -0.39 is 0 Å². The van der Waals surface area contributed by atoms with Gasteiger partial charge in [-0.2, -0.15) is 4.99 Å². The van der Waals surface area contributed by atoms with E-state index in [0.717, 1.165) is 19.3 Å². The Balaban J connectivity index is 2.13. The van der Waals surface area contributed by atoms with Crippen LogP contribution in [-0.4, -0.2) is 11.6 Å². The maximum Gasteiger partial charge on any atom is 0.235 e. The predicted molar refractivity (Wildman–Crippen MR) is 54.8 cm³/mol. The maximum absolute atomic E-state index is 10.3. The van der Waals surface area contributed by atoms with Crippen LogP contribution in [0.4, 0.5) is 0 Å². The molecule has 14 heavy (non-hydrogen) atoms. The molecule has 1 fully saturated rings. The van der Waals surface area contributed by atoms with Crippen molar-refractivity contribution >= 4 is 6.08 Å². The summed E-state index contributed by atoms with van der Waals surface area (Å²) in [5.74, 6) is 0. The third-order valence-electron chi connectivity index (χ3n) is 2.94. The van der Waals surface area contributed by atoms with Gasteiger partial charge in [-0.3, -0.25) is 0 Å². The zero-order valence-corrected chi connectivity index (χ0v) is 8.07. The van der Waals surface area contributed by atoms with Crippen molar-refractivity contribution in [3.63, 3.8) is 0 Å². The molecule has 0 atom stereocenters. The molecular weight excluding hydrogens is 174 g/mol. The third kappa shape index (κ3) is 1.75. The second-order valence-electron chi connectivity index (χ2n) is 3.94. The first-order valence-corrected chi connectivity index (χ1v) is 4.98. The van der Waals surface area contributed by atoms with Crippen LogP contribution in [0, 0.1) is 0 Å². The number of benzene rings is 1. The van der Waals surface area contributed by atoms with E-state index in [4.69, 9.17) is 0 Å². The molecule has 72 valence electrons. The SMILES string of the molecule is O=C=NC1(Cc2ccccc2)CCC1. The van der Waals surface area contributed by atoms with Gasteiger partial charge < -0.3 is 0 Å². The van der Waals surface area contributed by atoms with Crippen LogP contribution in [0.1, 0.15) is 24.8 Å². The molecule has 0 aromatic heterocycles. The number of carbonyl (C=O) groups excluding carboxylic acids is 1. The molecule has 1 saturated carbocycles. The van der Waals surface area contributed by atoms with Crippen LogP contribution in [0.5, 0.6) is 0 Å². The highest BCUT2D eigenvalue weighted by Gasteiger charge is 2.36. The Bertz CT molecular complexity index is 348. The van der Waals surface area contributed by atoms with E-state index in [1.54, 1.807) is 6.08 Å². The van der Waals surface area contributed by atoms with Crippen molar-refractivity contribution in [2.75, 3.05) is 0 Å². The molecule has 0 spiro atoms. The van der Waals surface area contributed by atoms with Gasteiger partial charge in [0.15, 0.2) is 0 Å². The van der Waals surface area contributed by atoms with Gasteiger partial charge in [-0.05, 0) is 31.2 Å². The first kappa shape index (κ1) is 9.17. The highest BCUT2D eigenvalue weighted by molar-refractivity contribution is 5.36. The molecule has 1 aliphatic rings. The summed E-state index contributed by atoms with van der Waals surface area (Å²) < 4.78 is 0. The molecular formula is C12H13NO. The maximum atomic E-state index is 10.3. The topological polar surface area (TPSA) is 29.4 Å². The van der Waals surface area contributed by atoms with E-state index in [1.807, 2.05) is 18.2 Å². The molecule has 0 radical (unpaired) electrons. The van der Waals surface area contributed by atoms with Crippen molar-refractivity contribution in [1.29, 1.82) is 0 Å². The Kier molecular flexibility index (Phi) is 2.47. The van der Waals surface area contributed by atoms with Crippen LogP contribution >= 0.6 is 0 Å². The summed E-state index contributed by atoms with van der Waals surface area (Å²) in [6.45, 7) is 0. The molecule has 0 unspecified atom stereocenters. The van der Waals surface area contributed by atoms with E-state index in [2.05, 4.69) is 17.1 Å². The second-order valence-corrected chi connectivity index (χ2v) is 3.94. The number of hydrogen-bond donors (Lipinski definition) is 0. The second kappa shape index (κ2) is 3.77. The molecule has 2 rings (SSSR count). The van der Waals surface area contributed by atoms with Gasteiger partial charge >= 0.3 is 0 Å². The van der Waals surface area contributed by atoms with E-state index in [-0.39, 0.29) is 5.54 Å². The fourth-order valence-electron chi connectivity index (χ4n) is 1.99. The Morgan fingerprint density at radius 3 is 2.50 bits per heavy atom. The number of rotatable bonds is 3. The summed E-state index contributed by atoms with van der Waals surface area (Å²) in [5.41, 5.74) is 1.13. The molecule has 0 amide bonds. The van der Waals surface area contributed by atoms with E-state index in [0.29, 0.717) is 0 Å². The van der Waals surface area contributed by atoms with Gasteiger partial charge in [0.05, 0.1) is 5.54 Å². The summed E-state index contributed by atoms with van der Waals surface area (Å²) in [6, 6.07) is 10.2. The Labute approximate surface area is 83.7 Å². The van der Waals surface area contributed by atoms with Crippen LogP contribution < -0.4 is 0 Å². The van der Waals surface area contributed by atoms with Gasteiger partial charge in [0.25, 0.3) is 0 Å². The molecule has 2 nitrogen and oxygen atoms in total. The van der Waals surface area contributed by atoms with Crippen LogP contribution in [0.25, 0.3) is 0 Å². The average Bonchev–Trinajstić information content (AvgIpc) is 2.16. The Hall–Kier alpha value is -1.40. The van der Waals surface area contributed by atoms with E-state index in [9.17, 15) is 4.79 Å². The lowest BCUT2D eigenvalue weighted by molar-refractivity contribution is 0.250. The van der Waals surface area contributed by atoms with Crippen LogP contribution in [-0.2, 0) is 11.2 Å². The highest BCUT2D eigenvalue weighted by atomic mass is 16.1. The van der Waals surface area contributed by atoms with Crippen LogP contribution in [0.2, 0.25) is 0 Å². The van der Waals surface area contributed by atoms with Crippen molar-refractivity contribution in [3.8, 4) is 0 Å². The summed E-state index contributed by atoms with van der Waals surface area (Å²) in [6.07, 6.45) is 5.81. The third-order valence-corrected chi connectivity index (χ3v) is 2.94. The fourth-order valence-corrected chi connectivity index (χ4v) is 1.99. The number of hydrogen-bond acceptors (Lipinski definition) is 2. The van der Waals surface area contributed by atoms with Crippen molar-refractivity contribution < 1.29 is 4.79 Å². The monoisotopic (exact) mass is 187 g/mol. The van der Waals surface area contributed by atoms with Gasteiger partial charge in [-0.15, -0.1) is 0 Å². The minimum Gasteiger partial charge on any atom is -0.211 e. The zero-order chi connectivity index (χ0) is 9.86. The summed E-state index contributed by atoms with van der Waals surface area (Å²) in [7, 11) is 0. The van der Waals surface area contributed by atoms with Crippen LogP contribution in [0.3, 0.4) is 0 Å². The zero-order valence-electron chi connectivity index (χ0n) is 8.07. The molecule has 0 saturated heterocycles. The lowest BCUT2D eigenvalue weighted by atomic mass is 9.73. The molecule has 0 bridgehead atoms. The highest BCUT2D eigenvalue weighted by Crippen LogP contribution is 2.38. The summed E-state index contributed by atoms with van der Waals surface area (Å²) in [5, 5.41) is 0. The average molecular weight is 187 g/mol. The van der Waals surface area contributed by atoms with Gasteiger partial charge in [0.1, 0.15) is 0 Å². The van der Waals surface area contributed by atoms with Crippen molar-refractivity contribution in [3.05, 3.63) is 35.9 Å². The largest absolute Gasteiger partial charge is 0.235 e.